The second-order valence-electron chi connectivity index (χ2n) is 5.97. The number of carbonyl (C=O) groups is 1. The van der Waals surface area contributed by atoms with Gasteiger partial charge in [-0.25, -0.2) is 0 Å². The summed E-state index contributed by atoms with van der Waals surface area (Å²) in [6.07, 6.45) is 7.33. The summed E-state index contributed by atoms with van der Waals surface area (Å²) < 4.78 is 1.86. The summed E-state index contributed by atoms with van der Waals surface area (Å²) in [6.45, 7) is 4.95. The minimum absolute atomic E-state index is 0.109. The van der Waals surface area contributed by atoms with Gasteiger partial charge in [-0.2, -0.15) is 10.4 Å². The molecule has 1 atom stereocenters. The Labute approximate surface area is 125 Å². The lowest BCUT2D eigenvalue weighted by atomic mass is 10.00. The lowest BCUT2D eigenvalue weighted by Gasteiger charge is -2.22. The van der Waals surface area contributed by atoms with E-state index in [9.17, 15) is 10.1 Å². The van der Waals surface area contributed by atoms with Gasteiger partial charge < -0.3 is 10.6 Å². The van der Waals surface area contributed by atoms with Crippen molar-refractivity contribution < 1.29 is 4.79 Å². The van der Waals surface area contributed by atoms with Crippen molar-refractivity contribution in [3.63, 3.8) is 0 Å². The number of nitriles is 1. The summed E-state index contributed by atoms with van der Waals surface area (Å²) in [5.41, 5.74) is 0.485. The van der Waals surface area contributed by atoms with Crippen LogP contribution < -0.4 is 10.6 Å². The fraction of sp³-hybridized carbons (Fsp3) is 0.667. The first-order valence-electron chi connectivity index (χ1n) is 7.48. The highest BCUT2D eigenvalue weighted by Gasteiger charge is 2.35. The zero-order chi connectivity index (χ0) is 15.3. The smallest absolute Gasteiger partial charge is 0.235 e. The molecule has 1 fully saturated rings. The van der Waals surface area contributed by atoms with E-state index in [4.69, 9.17) is 0 Å². The molecule has 0 aliphatic heterocycles. The molecule has 0 bridgehead atoms. The third-order valence-electron chi connectivity index (χ3n) is 3.88. The van der Waals surface area contributed by atoms with Crippen molar-refractivity contribution in [2.75, 3.05) is 6.54 Å². The summed E-state index contributed by atoms with van der Waals surface area (Å²) in [4.78, 5) is 12.0. The number of rotatable bonds is 6. The fourth-order valence-electron chi connectivity index (χ4n) is 2.73. The van der Waals surface area contributed by atoms with Gasteiger partial charge in [0.2, 0.25) is 5.91 Å². The molecule has 2 N–H and O–H groups in total. The minimum atomic E-state index is -0.638. The van der Waals surface area contributed by atoms with E-state index in [0.29, 0.717) is 6.54 Å². The number of hydrogen-bond donors (Lipinski definition) is 2. The van der Waals surface area contributed by atoms with E-state index in [-0.39, 0.29) is 18.5 Å². The van der Waals surface area contributed by atoms with Crippen LogP contribution in [0.2, 0.25) is 0 Å². The maximum Gasteiger partial charge on any atom is 0.235 e. The van der Waals surface area contributed by atoms with Crippen molar-refractivity contribution >= 4 is 5.91 Å². The van der Waals surface area contributed by atoms with Crippen LogP contribution >= 0.6 is 0 Å². The molecule has 0 aromatic carbocycles. The van der Waals surface area contributed by atoms with E-state index in [2.05, 4.69) is 21.8 Å². The maximum absolute atomic E-state index is 12.0. The molecule has 0 radical (unpaired) electrons. The van der Waals surface area contributed by atoms with Gasteiger partial charge in [0.1, 0.15) is 5.54 Å². The Morgan fingerprint density at radius 1 is 1.57 bits per heavy atom. The van der Waals surface area contributed by atoms with Crippen LogP contribution in [0.5, 0.6) is 0 Å². The Balaban J connectivity index is 1.74. The zero-order valence-corrected chi connectivity index (χ0v) is 12.7. The van der Waals surface area contributed by atoms with E-state index >= 15 is 0 Å². The van der Waals surface area contributed by atoms with Crippen molar-refractivity contribution in [2.24, 2.45) is 0 Å². The standard InChI is InChI=1S/C15H23N5O/c1-12-7-18-20(9-12)10-13(2)17-8-14(21)19-15(11-16)5-3-4-6-15/h7,9,13,17H,3-6,8,10H2,1-2H3,(H,19,21)/t13-/m1/s1. The topological polar surface area (TPSA) is 82.7 Å². The van der Waals surface area contributed by atoms with Crippen LogP contribution in [0.4, 0.5) is 0 Å². The molecule has 1 aromatic rings. The predicted molar refractivity (Wildman–Crippen MR) is 79.4 cm³/mol. The average Bonchev–Trinajstić information content (AvgIpc) is 3.07. The highest BCUT2D eigenvalue weighted by atomic mass is 16.2. The van der Waals surface area contributed by atoms with Crippen LogP contribution in [0.3, 0.4) is 0 Å². The number of aromatic nitrogens is 2. The van der Waals surface area contributed by atoms with Crippen LogP contribution in [0.15, 0.2) is 12.4 Å². The summed E-state index contributed by atoms with van der Waals surface area (Å²) in [7, 11) is 0. The van der Waals surface area contributed by atoms with Crippen LogP contribution in [-0.2, 0) is 11.3 Å². The molecular weight excluding hydrogens is 266 g/mol. The van der Waals surface area contributed by atoms with Crippen LogP contribution in [0, 0.1) is 18.3 Å². The van der Waals surface area contributed by atoms with Gasteiger partial charge in [-0.05, 0) is 45.1 Å². The highest BCUT2D eigenvalue weighted by Crippen LogP contribution is 2.28. The van der Waals surface area contributed by atoms with Gasteiger partial charge in [-0.15, -0.1) is 0 Å². The van der Waals surface area contributed by atoms with Gasteiger partial charge >= 0.3 is 0 Å². The van der Waals surface area contributed by atoms with Crippen LogP contribution in [0.25, 0.3) is 0 Å². The molecular formula is C15H23N5O. The van der Waals surface area contributed by atoms with E-state index in [0.717, 1.165) is 31.2 Å². The number of nitrogens with zero attached hydrogens (tertiary/aromatic N) is 3. The summed E-state index contributed by atoms with van der Waals surface area (Å²) in [6, 6.07) is 2.40. The SMILES string of the molecule is Cc1cnn(C[C@@H](C)NCC(=O)NC2(C#N)CCCC2)c1. The molecule has 1 aliphatic carbocycles. The van der Waals surface area contributed by atoms with Crippen molar-refractivity contribution in [2.45, 2.75) is 57.7 Å². The molecule has 0 spiro atoms. The Morgan fingerprint density at radius 2 is 2.29 bits per heavy atom. The summed E-state index contributed by atoms with van der Waals surface area (Å²) in [5.74, 6) is -0.109. The van der Waals surface area contributed by atoms with Crippen molar-refractivity contribution in [3.8, 4) is 6.07 Å². The normalized spacial score (nSPS) is 18.1. The monoisotopic (exact) mass is 289 g/mol. The second-order valence-corrected chi connectivity index (χ2v) is 5.97. The molecule has 1 amide bonds. The molecule has 6 heteroatoms. The molecule has 21 heavy (non-hydrogen) atoms. The Kier molecular flexibility index (Phi) is 4.97. The molecule has 1 saturated carbocycles. The highest BCUT2D eigenvalue weighted by molar-refractivity contribution is 5.79. The Morgan fingerprint density at radius 3 is 2.86 bits per heavy atom. The third kappa shape index (κ3) is 4.30. The second kappa shape index (κ2) is 6.72. The number of hydrogen-bond acceptors (Lipinski definition) is 4. The fourth-order valence-corrected chi connectivity index (χ4v) is 2.73. The number of carbonyl (C=O) groups excluding carboxylic acids is 1. The van der Waals surface area contributed by atoms with Gasteiger partial charge in [-0.1, -0.05) is 0 Å². The van der Waals surface area contributed by atoms with Gasteiger partial charge in [0.05, 0.1) is 25.4 Å². The van der Waals surface area contributed by atoms with Gasteiger partial charge in [0, 0.05) is 12.2 Å². The molecule has 6 nitrogen and oxygen atoms in total. The summed E-state index contributed by atoms with van der Waals surface area (Å²) >= 11 is 0. The van der Waals surface area contributed by atoms with Crippen LogP contribution in [-0.4, -0.2) is 33.8 Å². The third-order valence-corrected chi connectivity index (χ3v) is 3.88. The number of amides is 1. The van der Waals surface area contributed by atoms with Crippen molar-refractivity contribution in [1.82, 2.24) is 20.4 Å². The number of aryl methyl sites for hydroxylation is 1. The first-order valence-corrected chi connectivity index (χ1v) is 7.48. The van der Waals surface area contributed by atoms with Gasteiger partial charge in [0.15, 0.2) is 0 Å². The predicted octanol–water partition coefficient (Wildman–Crippen LogP) is 1.12. The first kappa shape index (κ1) is 15.5. The van der Waals surface area contributed by atoms with Crippen molar-refractivity contribution in [1.29, 1.82) is 5.26 Å². The molecule has 1 heterocycles. The minimum Gasteiger partial charge on any atom is -0.337 e. The van der Waals surface area contributed by atoms with Crippen molar-refractivity contribution in [3.05, 3.63) is 18.0 Å². The quantitative estimate of drug-likeness (QED) is 0.822. The van der Waals surface area contributed by atoms with E-state index in [1.165, 1.54) is 0 Å². The zero-order valence-electron chi connectivity index (χ0n) is 12.7. The lowest BCUT2D eigenvalue weighted by molar-refractivity contribution is -0.121. The summed E-state index contributed by atoms with van der Waals surface area (Å²) in [5, 5.41) is 19.5. The molecule has 0 saturated heterocycles. The molecule has 1 aliphatic rings. The first-order chi connectivity index (χ1) is 10.0. The lowest BCUT2D eigenvalue weighted by Crippen LogP contribution is -2.49. The molecule has 2 rings (SSSR count). The van der Waals surface area contributed by atoms with E-state index in [1.54, 1.807) is 0 Å². The molecule has 1 aromatic heterocycles. The molecule has 0 unspecified atom stereocenters. The Hall–Kier alpha value is -1.87. The van der Waals surface area contributed by atoms with E-state index in [1.807, 2.05) is 30.9 Å². The average molecular weight is 289 g/mol. The van der Waals surface area contributed by atoms with E-state index < -0.39 is 5.54 Å². The molecule has 114 valence electrons. The largest absolute Gasteiger partial charge is 0.337 e. The van der Waals surface area contributed by atoms with Gasteiger partial charge in [-0.3, -0.25) is 9.48 Å². The van der Waals surface area contributed by atoms with Crippen LogP contribution in [0.1, 0.15) is 38.2 Å². The van der Waals surface area contributed by atoms with Gasteiger partial charge in [0.25, 0.3) is 0 Å². The maximum atomic E-state index is 12.0. The Bertz CT molecular complexity index is 524. The number of nitrogens with one attached hydrogen (secondary N) is 2.